The molecule has 1 aliphatic rings. The highest BCUT2D eigenvalue weighted by atomic mass is 35.5. The first-order valence-electron chi connectivity index (χ1n) is 7.58. The number of carbonyl (C=O) groups is 2. The van der Waals surface area contributed by atoms with Crippen LogP contribution in [0, 0.1) is 0 Å². The third kappa shape index (κ3) is 3.36. The summed E-state index contributed by atoms with van der Waals surface area (Å²) in [5, 5.41) is 3.34. The Hall–Kier alpha value is -2.53. The number of anilines is 2. The smallest absolute Gasteiger partial charge is 0.268 e. The first-order chi connectivity index (χ1) is 11.4. The van der Waals surface area contributed by atoms with Gasteiger partial charge >= 0.3 is 0 Å². The highest BCUT2D eigenvalue weighted by Gasteiger charge is 2.31. The molecular weight excluding hydrogens is 328 g/mol. The van der Waals surface area contributed by atoms with Crippen molar-refractivity contribution in [2.75, 3.05) is 10.2 Å². The summed E-state index contributed by atoms with van der Waals surface area (Å²) in [5.41, 5.74) is 2.16. The summed E-state index contributed by atoms with van der Waals surface area (Å²) in [5.74, 6) is 0.299. The van der Waals surface area contributed by atoms with Gasteiger partial charge in [-0.3, -0.25) is 9.59 Å². The van der Waals surface area contributed by atoms with Gasteiger partial charge in [-0.15, -0.1) is 0 Å². The minimum absolute atomic E-state index is 0.137. The predicted octanol–water partition coefficient (Wildman–Crippen LogP) is 3.61. The number of rotatable bonds is 3. The number of halogens is 1. The van der Waals surface area contributed by atoms with E-state index in [0.29, 0.717) is 28.7 Å². The van der Waals surface area contributed by atoms with Crippen LogP contribution in [0.4, 0.5) is 11.4 Å². The van der Waals surface area contributed by atoms with Crippen LogP contribution in [0.25, 0.3) is 0 Å². The topological polar surface area (TPSA) is 58.6 Å². The molecule has 2 amide bonds. The quantitative estimate of drug-likeness (QED) is 0.925. The van der Waals surface area contributed by atoms with Crippen LogP contribution in [0.5, 0.6) is 5.75 Å². The molecule has 1 heterocycles. The number of benzene rings is 2. The van der Waals surface area contributed by atoms with Crippen LogP contribution in [0.15, 0.2) is 42.5 Å². The molecule has 1 unspecified atom stereocenters. The molecule has 1 aliphatic heterocycles. The lowest BCUT2D eigenvalue weighted by atomic mass is 10.1. The maximum Gasteiger partial charge on any atom is 0.268 e. The van der Waals surface area contributed by atoms with E-state index in [-0.39, 0.29) is 11.8 Å². The summed E-state index contributed by atoms with van der Waals surface area (Å²) < 4.78 is 5.67. The Kier molecular flexibility index (Phi) is 4.44. The van der Waals surface area contributed by atoms with Crippen LogP contribution in [0.2, 0.25) is 5.02 Å². The summed E-state index contributed by atoms with van der Waals surface area (Å²) in [6.45, 7) is 3.54. The van der Waals surface area contributed by atoms with Gasteiger partial charge in [0.25, 0.3) is 5.91 Å². The molecule has 1 N–H and O–H groups in total. The normalized spacial score (nSPS) is 16.4. The average molecular weight is 345 g/mol. The fourth-order valence-electron chi connectivity index (χ4n) is 2.67. The summed E-state index contributed by atoms with van der Waals surface area (Å²) in [6, 6.07) is 12.6. The Labute approximate surface area is 145 Å². The maximum atomic E-state index is 12.6. The van der Waals surface area contributed by atoms with E-state index in [9.17, 15) is 9.59 Å². The van der Waals surface area contributed by atoms with Gasteiger partial charge in [0.1, 0.15) is 5.75 Å². The van der Waals surface area contributed by atoms with Gasteiger partial charge in [0.05, 0.1) is 12.2 Å². The van der Waals surface area contributed by atoms with Crippen molar-refractivity contribution in [1.29, 1.82) is 0 Å². The SMILES string of the molecule is CC(=O)Nc1ccc2c(c1)N(Cc1cccc(Cl)c1)C(=O)C(C)O2. The van der Waals surface area contributed by atoms with E-state index in [0.717, 1.165) is 5.56 Å². The van der Waals surface area contributed by atoms with Crippen molar-refractivity contribution in [3.63, 3.8) is 0 Å². The van der Waals surface area contributed by atoms with Gasteiger partial charge in [-0.1, -0.05) is 23.7 Å². The number of hydrogen-bond acceptors (Lipinski definition) is 3. The van der Waals surface area contributed by atoms with E-state index < -0.39 is 6.10 Å². The number of nitrogens with zero attached hydrogens (tertiary/aromatic N) is 1. The second-order valence-corrected chi connectivity index (χ2v) is 6.11. The Bertz CT molecular complexity index is 807. The molecule has 0 bridgehead atoms. The lowest BCUT2D eigenvalue weighted by molar-refractivity contribution is -0.125. The van der Waals surface area contributed by atoms with Gasteiger partial charge in [-0.05, 0) is 42.8 Å². The van der Waals surface area contributed by atoms with Crippen LogP contribution < -0.4 is 15.0 Å². The lowest BCUT2D eigenvalue weighted by Crippen LogP contribution is -2.44. The molecule has 0 fully saturated rings. The van der Waals surface area contributed by atoms with Gasteiger partial charge in [-0.25, -0.2) is 0 Å². The van der Waals surface area contributed by atoms with Crippen LogP contribution >= 0.6 is 11.6 Å². The van der Waals surface area contributed by atoms with Gasteiger partial charge in [0.2, 0.25) is 5.91 Å². The zero-order chi connectivity index (χ0) is 17.3. The number of fused-ring (bicyclic) bond motifs is 1. The second kappa shape index (κ2) is 6.53. The van der Waals surface area contributed by atoms with E-state index in [1.54, 1.807) is 36.1 Å². The van der Waals surface area contributed by atoms with Crippen molar-refractivity contribution >= 4 is 34.8 Å². The molecule has 5 nitrogen and oxygen atoms in total. The van der Waals surface area contributed by atoms with Crippen LogP contribution in [0.1, 0.15) is 19.4 Å². The zero-order valence-electron chi connectivity index (χ0n) is 13.4. The molecule has 2 aromatic carbocycles. The Morgan fingerprint density at radius 2 is 2.08 bits per heavy atom. The van der Waals surface area contributed by atoms with E-state index in [2.05, 4.69) is 5.32 Å². The molecule has 0 aliphatic carbocycles. The molecule has 0 spiro atoms. The summed E-state index contributed by atoms with van der Waals surface area (Å²) >= 11 is 6.03. The van der Waals surface area contributed by atoms with Crippen molar-refractivity contribution in [2.45, 2.75) is 26.5 Å². The Morgan fingerprint density at radius 1 is 1.29 bits per heavy atom. The largest absolute Gasteiger partial charge is 0.479 e. The maximum absolute atomic E-state index is 12.6. The minimum Gasteiger partial charge on any atom is -0.479 e. The van der Waals surface area contributed by atoms with Crippen LogP contribution in [-0.2, 0) is 16.1 Å². The van der Waals surface area contributed by atoms with Gasteiger partial charge < -0.3 is 15.0 Å². The number of ether oxygens (including phenoxy) is 1. The molecule has 0 saturated heterocycles. The highest BCUT2D eigenvalue weighted by Crippen LogP contribution is 2.37. The first-order valence-corrected chi connectivity index (χ1v) is 7.96. The van der Waals surface area contributed by atoms with E-state index in [1.165, 1.54) is 6.92 Å². The van der Waals surface area contributed by atoms with Crippen molar-refractivity contribution in [3.8, 4) is 5.75 Å². The molecule has 0 aromatic heterocycles. The molecule has 1 atom stereocenters. The second-order valence-electron chi connectivity index (χ2n) is 5.68. The van der Waals surface area contributed by atoms with Crippen LogP contribution in [-0.4, -0.2) is 17.9 Å². The summed E-state index contributed by atoms with van der Waals surface area (Å²) in [7, 11) is 0. The molecule has 0 saturated carbocycles. The van der Waals surface area contributed by atoms with Crippen molar-refractivity contribution < 1.29 is 14.3 Å². The summed E-state index contributed by atoms with van der Waals surface area (Å²) in [4.78, 5) is 25.5. The number of nitrogens with one attached hydrogen (secondary N) is 1. The minimum atomic E-state index is -0.566. The fourth-order valence-corrected chi connectivity index (χ4v) is 2.88. The summed E-state index contributed by atoms with van der Waals surface area (Å²) in [6.07, 6.45) is -0.566. The number of hydrogen-bond donors (Lipinski definition) is 1. The Morgan fingerprint density at radius 3 is 2.79 bits per heavy atom. The Balaban J connectivity index is 1.98. The lowest BCUT2D eigenvalue weighted by Gasteiger charge is -2.33. The number of amides is 2. The molecule has 2 aromatic rings. The third-order valence-electron chi connectivity index (χ3n) is 3.72. The standard InChI is InChI=1S/C18H17ClN2O3/c1-11-18(23)21(10-13-4-3-5-14(19)8-13)16-9-15(20-12(2)22)6-7-17(16)24-11/h3-9,11H,10H2,1-2H3,(H,20,22). The van der Waals surface area contributed by atoms with E-state index in [1.807, 2.05) is 18.2 Å². The molecule has 124 valence electrons. The van der Waals surface area contributed by atoms with Crippen molar-refractivity contribution in [2.24, 2.45) is 0 Å². The van der Waals surface area contributed by atoms with Gasteiger partial charge in [0, 0.05) is 17.6 Å². The zero-order valence-corrected chi connectivity index (χ0v) is 14.1. The molecule has 24 heavy (non-hydrogen) atoms. The van der Waals surface area contributed by atoms with E-state index >= 15 is 0 Å². The molecule has 0 radical (unpaired) electrons. The molecular formula is C18H17ClN2O3. The van der Waals surface area contributed by atoms with Crippen molar-refractivity contribution in [3.05, 3.63) is 53.1 Å². The third-order valence-corrected chi connectivity index (χ3v) is 3.95. The van der Waals surface area contributed by atoms with E-state index in [4.69, 9.17) is 16.3 Å². The molecule has 6 heteroatoms. The fraction of sp³-hybridized carbons (Fsp3) is 0.222. The van der Waals surface area contributed by atoms with Crippen LogP contribution in [0.3, 0.4) is 0 Å². The highest BCUT2D eigenvalue weighted by molar-refractivity contribution is 6.30. The molecule has 3 rings (SSSR count). The number of carbonyl (C=O) groups excluding carboxylic acids is 2. The average Bonchev–Trinajstić information content (AvgIpc) is 2.52. The predicted molar refractivity (Wildman–Crippen MR) is 93.5 cm³/mol. The van der Waals surface area contributed by atoms with Gasteiger partial charge in [-0.2, -0.15) is 0 Å². The van der Waals surface area contributed by atoms with Crippen molar-refractivity contribution in [1.82, 2.24) is 0 Å². The van der Waals surface area contributed by atoms with Gasteiger partial charge in [0.15, 0.2) is 6.10 Å². The first kappa shape index (κ1) is 16.3. The monoisotopic (exact) mass is 344 g/mol.